The van der Waals surface area contributed by atoms with Gasteiger partial charge in [0.2, 0.25) is 0 Å². The highest BCUT2D eigenvalue weighted by molar-refractivity contribution is 9.11. The second-order valence-corrected chi connectivity index (χ2v) is 1.86. The highest BCUT2D eigenvalue weighted by Crippen LogP contribution is 2.07. The van der Waals surface area contributed by atoms with E-state index < -0.39 is 0 Å². The molecule has 0 rings (SSSR count). The van der Waals surface area contributed by atoms with Gasteiger partial charge in [0.05, 0.1) is 0 Å². The predicted molar refractivity (Wildman–Crippen MR) is 28.7 cm³/mol. The first-order valence-corrected chi connectivity index (χ1v) is 2.56. The van der Waals surface area contributed by atoms with Crippen molar-refractivity contribution in [1.82, 2.24) is 0 Å². The molecule has 0 aliphatic carbocycles. The van der Waals surface area contributed by atoms with Crippen LogP contribution in [-0.4, -0.2) is 0 Å². The summed E-state index contributed by atoms with van der Waals surface area (Å²) in [6.07, 6.45) is 0. The first-order chi connectivity index (χ1) is 2.27. The van der Waals surface area contributed by atoms with Gasteiger partial charge in [-0.25, -0.2) is 0 Å². The summed E-state index contributed by atoms with van der Waals surface area (Å²) in [7, 11) is 0. The highest BCUT2D eigenvalue weighted by Gasteiger charge is 1.70. The Morgan fingerprint density at radius 2 is 1.80 bits per heavy atom. The van der Waals surface area contributed by atoms with E-state index in [2.05, 4.69) is 15.9 Å². The molecule has 0 aromatic rings. The molecule has 3 heteroatoms. The summed E-state index contributed by atoms with van der Waals surface area (Å²) in [5, 5.41) is 0. The molecule has 0 unspecified atom stereocenters. The Kier molecular flexibility index (Phi) is 3.49. The van der Waals surface area contributed by atoms with Crippen LogP contribution in [0, 0.1) is 0 Å². The average Bonchev–Trinajstić information content (AvgIpc) is 1.38. The molecule has 0 heterocycles. The van der Waals surface area contributed by atoms with Gasteiger partial charge in [-0.2, -0.15) is 0 Å². The fourth-order valence-corrected chi connectivity index (χ4v) is 0. The smallest absolute Gasteiger partial charge is 0.0703 e. The third-order valence-corrected chi connectivity index (χ3v) is 1.29. The number of hydrogen-bond donors (Lipinski definition) is 0. The van der Waals surface area contributed by atoms with E-state index in [-0.39, 0.29) is 4.49 Å². The summed E-state index contributed by atoms with van der Waals surface area (Å²) >= 11 is 13.0. The lowest BCUT2D eigenvalue weighted by Crippen LogP contribution is -1.33. The van der Waals surface area contributed by atoms with Crippen LogP contribution < -0.4 is 0 Å². The van der Waals surface area contributed by atoms with Gasteiger partial charge < -0.3 is 0 Å². The lowest BCUT2D eigenvalue weighted by atomic mass is 11.3. The topological polar surface area (TPSA) is 0 Å². The van der Waals surface area contributed by atoms with E-state index in [0.717, 1.165) is 0 Å². The van der Waals surface area contributed by atoms with Crippen molar-refractivity contribution in [2.75, 3.05) is 0 Å². The molecule has 0 nitrogen and oxygen atoms in total. The van der Waals surface area contributed by atoms with Crippen LogP contribution in [0.3, 0.4) is 0 Å². The van der Waals surface area contributed by atoms with Crippen LogP contribution in [0.1, 0.15) is 0 Å². The zero-order valence-corrected chi connectivity index (χ0v) is 5.31. The van der Waals surface area contributed by atoms with Crippen molar-refractivity contribution in [3.63, 3.8) is 0 Å². The van der Waals surface area contributed by atoms with Crippen LogP contribution in [0.15, 0.2) is 9.48 Å². The van der Waals surface area contributed by atoms with E-state index >= 15 is 0 Å². The molecule has 0 radical (unpaired) electrons. The predicted octanol–water partition coefficient (Wildman–Crippen LogP) is 2.66. The second kappa shape index (κ2) is 3.01. The van der Waals surface area contributed by atoms with E-state index in [4.69, 9.17) is 23.2 Å². The molecule has 5 heavy (non-hydrogen) atoms. The van der Waals surface area contributed by atoms with Gasteiger partial charge in [-0.15, -0.1) is 0 Å². The third kappa shape index (κ3) is 4.80. The quantitative estimate of drug-likeness (QED) is 0.531. The Hall–Kier alpha value is 0.800. The normalized spacial score (nSPS) is 7.00. The summed E-state index contributed by atoms with van der Waals surface area (Å²) in [5.74, 6) is 0. The Balaban J connectivity index is 3.14. The Labute approximate surface area is 48.9 Å². The molecule has 0 saturated carbocycles. The van der Waals surface area contributed by atoms with Gasteiger partial charge in [0.25, 0.3) is 0 Å². The third-order valence-electron chi connectivity index (χ3n) is 0.0825. The lowest BCUT2D eigenvalue weighted by molar-refractivity contribution is 2.41. The van der Waals surface area contributed by atoms with Gasteiger partial charge in [-0.05, 0) is 0 Å². The minimum Gasteiger partial charge on any atom is -0.0703 e. The molecule has 0 aliphatic heterocycles. The monoisotopic (exact) mass is 174 g/mol. The van der Waals surface area contributed by atoms with Crippen molar-refractivity contribution in [2.24, 2.45) is 0 Å². The van der Waals surface area contributed by atoms with Crippen molar-refractivity contribution >= 4 is 39.1 Å². The zero-order chi connectivity index (χ0) is 4.28. The van der Waals surface area contributed by atoms with Gasteiger partial charge in [0, 0.05) is 4.99 Å². The molecule has 30 valence electrons. The van der Waals surface area contributed by atoms with Gasteiger partial charge in [-0.1, -0.05) is 39.1 Å². The fraction of sp³-hybridized carbons (Fsp3) is 0. The van der Waals surface area contributed by atoms with Crippen molar-refractivity contribution in [3.8, 4) is 0 Å². The minimum atomic E-state index is 0.241. The number of rotatable bonds is 0. The minimum absolute atomic E-state index is 0.241. The van der Waals surface area contributed by atoms with Crippen LogP contribution in [-0.2, 0) is 0 Å². The molecule has 0 aromatic heterocycles. The Morgan fingerprint density at radius 3 is 1.80 bits per heavy atom. The van der Waals surface area contributed by atoms with Gasteiger partial charge in [0.15, 0.2) is 0 Å². The molecule has 0 amide bonds. The fourth-order valence-electron chi connectivity index (χ4n) is 0. The first kappa shape index (κ1) is 5.80. The standard InChI is InChI=1S/C2HBrCl2/c3-1-2(4)5/h1H. The average molecular weight is 176 g/mol. The van der Waals surface area contributed by atoms with Crippen molar-refractivity contribution in [1.29, 1.82) is 0 Å². The molecule has 0 atom stereocenters. The first-order valence-electron chi connectivity index (χ1n) is 0.885. The van der Waals surface area contributed by atoms with Crippen molar-refractivity contribution < 1.29 is 0 Å². The Morgan fingerprint density at radius 1 is 1.60 bits per heavy atom. The molecule has 0 saturated heterocycles. The van der Waals surface area contributed by atoms with Crippen LogP contribution >= 0.6 is 39.1 Å². The molecule has 0 aliphatic rings. The van der Waals surface area contributed by atoms with Crippen LogP contribution in [0.4, 0.5) is 0 Å². The maximum Gasteiger partial charge on any atom is 0.113 e. The maximum atomic E-state index is 5.04. The molecule has 0 spiro atoms. The van der Waals surface area contributed by atoms with Crippen LogP contribution in [0.2, 0.25) is 0 Å². The summed E-state index contributed by atoms with van der Waals surface area (Å²) in [6.45, 7) is 0. The summed E-state index contributed by atoms with van der Waals surface area (Å²) in [6, 6.07) is 0. The zero-order valence-electron chi connectivity index (χ0n) is 2.21. The molecular weight excluding hydrogens is 175 g/mol. The number of hydrogen-bond acceptors (Lipinski definition) is 0. The van der Waals surface area contributed by atoms with Gasteiger partial charge >= 0.3 is 0 Å². The summed E-state index contributed by atoms with van der Waals surface area (Å²) in [4.78, 5) is 1.43. The molecule has 0 aromatic carbocycles. The summed E-state index contributed by atoms with van der Waals surface area (Å²) < 4.78 is 0.241. The van der Waals surface area contributed by atoms with E-state index in [9.17, 15) is 0 Å². The van der Waals surface area contributed by atoms with Crippen LogP contribution in [0.25, 0.3) is 0 Å². The highest BCUT2D eigenvalue weighted by atomic mass is 79.9. The number of halogens is 3. The van der Waals surface area contributed by atoms with Gasteiger partial charge in [-0.3, -0.25) is 0 Å². The summed E-state index contributed by atoms with van der Waals surface area (Å²) in [5.41, 5.74) is 0. The second-order valence-electron chi connectivity index (χ2n) is 0.399. The molecule has 0 fully saturated rings. The van der Waals surface area contributed by atoms with E-state index in [1.807, 2.05) is 0 Å². The molecular formula is C2HBrCl2. The SMILES string of the molecule is ClC(Cl)=CBr. The van der Waals surface area contributed by atoms with E-state index in [1.165, 1.54) is 4.99 Å². The van der Waals surface area contributed by atoms with Gasteiger partial charge in [0.1, 0.15) is 4.49 Å². The Bertz CT molecular complexity index is 45.6. The van der Waals surface area contributed by atoms with E-state index in [1.54, 1.807) is 0 Å². The van der Waals surface area contributed by atoms with E-state index in [0.29, 0.717) is 0 Å². The van der Waals surface area contributed by atoms with Crippen molar-refractivity contribution in [2.45, 2.75) is 0 Å². The molecule has 0 bridgehead atoms. The lowest BCUT2D eigenvalue weighted by Gasteiger charge is -1.64. The van der Waals surface area contributed by atoms with Crippen LogP contribution in [0.5, 0.6) is 0 Å². The largest absolute Gasteiger partial charge is 0.113 e. The maximum absolute atomic E-state index is 5.04. The molecule has 0 N–H and O–H groups in total. The van der Waals surface area contributed by atoms with Crippen molar-refractivity contribution in [3.05, 3.63) is 9.48 Å².